The molecule has 1 atom stereocenters. The number of benzene rings is 4. The summed E-state index contributed by atoms with van der Waals surface area (Å²) in [5, 5.41) is 2.88. The molecule has 1 N–H and O–H groups in total. The van der Waals surface area contributed by atoms with Gasteiger partial charge in [0.25, 0.3) is 10.0 Å². The number of hydrogen-bond donors (Lipinski definition) is 1. The van der Waals surface area contributed by atoms with Crippen LogP contribution in [0.5, 0.6) is 5.75 Å². The van der Waals surface area contributed by atoms with Gasteiger partial charge in [-0.15, -0.1) is 0 Å². The number of nitrogens with one attached hydrogen (secondary N) is 1. The second-order valence-corrected chi connectivity index (χ2v) is 13.3. The summed E-state index contributed by atoms with van der Waals surface area (Å²) in [6, 6.07) is 29.1. The fraction of sp³-hybridized carbons (Fsp3) is 0.257. The van der Waals surface area contributed by atoms with Crippen molar-refractivity contribution >= 4 is 43.5 Å². The molecule has 236 valence electrons. The average molecular weight is 693 g/mol. The summed E-state index contributed by atoms with van der Waals surface area (Å²) in [6.07, 6.45) is 0.253. The predicted octanol–water partition coefficient (Wildman–Crippen LogP) is 6.13. The van der Waals surface area contributed by atoms with E-state index in [0.717, 1.165) is 25.5 Å². The number of carbonyl (C=O) groups excluding carboxylic acids is 2. The molecule has 2 amide bonds. The van der Waals surface area contributed by atoms with Crippen molar-refractivity contribution < 1.29 is 22.7 Å². The lowest BCUT2D eigenvalue weighted by Gasteiger charge is -2.34. The molecule has 0 fully saturated rings. The van der Waals surface area contributed by atoms with E-state index in [0.29, 0.717) is 24.6 Å². The molecule has 0 heterocycles. The minimum absolute atomic E-state index is 0.0161. The highest BCUT2D eigenvalue weighted by Crippen LogP contribution is 2.27. The van der Waals surface area contributed by atoms with Crippen LogP contribution >= 0.6 is 15.9 Å². The summed E-state index contributed by atoms with van der Waals surface area (Å²) in [5.74, 6) is -0.293. The number of likely N-dealkylation sites (N-methyl/N-ethyl adjacent to an activating group) is 1. The molecule has 0 aliphatic rings. The fourth-order valence-electron chi connectivity index (χ4n) is 4.92. The Labute approximate surface area is 274 Å². The van der Waals surface area contributed by atoms with Crippen LogP contribution in [0.4, 0.5) is 5.69 Å². The van der Waals surface area contributed by atoms with Crippen LogP contribution in [0.25, 0.3) is 0 Å². The van der Waals surface area contributed by atoms with Crippen LogP contribution in [0.2, 0.25) is 0 Å². The molecular weight excluding hydrogens is 654 g/mol. The minimum Gasteiger partial charge on any atom is -0.494 e. The van der Waals surface area contributed by atoms with Crippen LogP contribution in [0, 0.1) is 6.92 Å². The molecule has 0 saturated carbocycles. The van der Waals surface area contributed by atoms with E-state index >= 15 is 0 Å². The van der Waals surface area contributed by atoms with Gasteiger partial charge in [0.15, 0.2) is 0 Å². The fourth-order valence-corrected chi connectivity index (χ4v) is 6.78. The van der Waals surface area contributed by atoms with E-state index in [-0.39, 0.29) is 23.8 Å². The monoisotopic (exact) mass is 691 g/mol. The molecule has 0 unspecified atom stereocenters. The van der Waals surface area contributed by atoms with Crippen molar-refractivity contribution in [2.75, 3.05) is 24.0 Å². The van der Waals surface area contributed by atoms with Crippen LogP contribution in [0.3, 0.4) is 0 Å². The molecule has 0 bridgehead atoms. The molecule has 4 rings (SSSR count). The maximum absolute atomic E-state index is 14.4. The molecule has 8 nitrogen and oxygen atoms in total. The summed E-state index contributed by atoms with van der Waals surface area (Å²) in [5.41, 5.74) is 2.94. The Morgan fingerprint density at radius 1 is 0.867 bits per heavy atom. The normalized spacial score (nSPS) is 11.8. The Balaban J connectivity index is 1.78. The molecule has 0 spiro atoms. The molecule has 0 saturated heterocycles. The molecular formula is C35H38BrN3O5S. The van der Waals surface area contributed by atoms with Gasteiger partial charge in [0, 0.05) is 24.0 Å². The Hall–Kier alpha value is -4.15. The zero-order chi connectivity index (χ0) is 32.4. The van der Waals surface area contributed by atoms with Gasteiger partial charge in [-0.1, -0.05) is 76.1 Å². The third-order valence-corrected chi connectivity index (χ3v) is 9.47. The number of hydrogen-bond acceptors (Lipinski definition) is 5. The van der Waals surface area contributed by atoms with E-state index in [1.165, 1.54) is 17.0 Å². The van der Waals surface area contributed by atoms with E-state index in [9.17, 15) is 18.0 Å². The van der Waals surface area contributed by atoms with Crippen LogP contribution in [0.15, 0.2) is 112 Å². The van der Waals surface area contributed by atoms with Gasteiger partial charge >= 0.3 is 0 Å². The molecule has 0 aliphatic heterocycles. The van der Waals surface area contributed by atoms with Crippen LogP contribution in [-0.2, 0) is 32.6 Å². The van der Waals surface area contributed by atoms with Gasteiger partial charge in [-0.05, 0) is 80.4 Å². The first-order valence-electron chi connectivity index (χ1n) is 14.8. The second kappa shape index (κ2) is 15.7. The highest BCUT2D eigenvalue weighted by Gasteiger charge is 2.34. The Kier molecular flexibility index (Phi) is 11.8. The molecule has 0 aliphatic carbocycles. The Morgan fingerprint density at radius 2 is 1.53 bits per heavy atom. The average Bonchev–Trinajstić information content (AvgIpc) is 3.03. The highest BCUT2D eigenvalue weighted by molar-refractivity contribution is 9.10. The van der Waals surface area contributed by atoms with E-state index < -0.39 is 28.5 Å². The van der Waals surface area contributed by atoms with Crippen molar-refractivity contribution in [3.63, 3.8) is 0 Å². The van der Waals surface area contributed by atoms with Gasteiger partial charge in [0.2, 0.25) is 11.8 Å². The van der Waals surface area contributed by atoms with Gasteiger partial charge < -0.3 is 15.0 Å². The lowest BCUT2D eigenvalue weighted by molar-refractivity contribution is -0.140. The number of ether oxygens (including phenoxy) is 1. The van der Waals surface area contributed by atoms with Crippen LogP contribution in [0.1, 0.15) is 30.5 Å². The van der Waals surface area contributed by atoms with E-state index in [4.69, 9.17) is 4.74 Å². The third kappa shape index (κ3) is 8.95. The summed E-state index contributed by atoms with van der Waals surface area (Å²) in [7, 11) is -4.20. The van der Waals surface area contributed by atoms with Gasteiger partial charge in [0.1, 0.15) is 18.3 Å². The standard InChI is InChI=1S/C35H38BrN3O5S/c1-4-37-35(41)33(23-27-10-7-6-8-11-27)38(24-28-12-9-13-29(36)22-28)34(40)25-39(30-16-14-26(3)15-17-30)45(42,43)32-20-18-31(19-21-32)44-5-2/h6-22,33H,4-5,23-25H2,1-3H3,(H,37,41)/t33-/m0/s1. The van der Waals surface area contributed by atoms with E-state index in [2.05, 4.69) is 21.2 Å². The van der Waals surface area contributed by atoms with Crippen molar-refractivity contribution in [3.8, 4) is 5.75 Å². The number of nitrogens with zero attached hydrogens (tertiary/aromatic N) is 2. The number of amides is 2. The third-order valence-electron chi connectivity index (χ3n) is 7.19. The lowest BCUT2D eigenvalue weighted by atomic mass is 10.0. The largest absolute Gasteiger partial charge is 0.494 e. The smallest absolute Gasteiger partial charge is 0.264 e. The van der Waals surface area contributed by atoms with Crippen LogP contribution in [-0.4, -0.2) is 50.9 Å². The van der Waals surface area contributed by atoms with Crippen molar-refractivity contribution in [2.45, 2.75) is 44.7 Å². The number of anilines is 1. The number of rotatable bonds is 14. The van der Waals surface area contributed by atoms with Crippen molar-refractivity contribution in [3.05, 3.63) is 124 Å². The zero-order valence-electron chi connectivity index (χ0n) is 25.6. The first-order chi connectivity index (χ1) is 21.6. The topological polar surface area (TPSA) is 96.0 Å². The lowest BCUT2D eigenvalue weighted by Crippen LogP contribution is -2.53. The molecule has 4 aromatic rings. The van der Waals surface area contributed by atoms with E-state index in [1.54, 1.807) is 36.4 Å². The minimum atomic E-state index is -4.20. The summed E-state index contributed by atoms with van der Waals surface area (Å²) < 4.78 is 35.8. The number of sulfonamides is 1. The number of halogens is 1. The van der Waals surface area contributed by atoms with Crippen LogP contribution < -0.4 is 14.4 Å². The molecule has 10 heteroatoms. The van der Waals surface area contributed by atoms with Gasteiger partial charge in [-0.2, -0.15) is 0 Å². The molecule has 0 aromatic heterocycles. The van der Waals surface area contributed by atoms with Gasteiger partial charge in [-0.25, -0.2) is 8.42 Å². The molecule has 45 heavy (non-hydrogen) atoms. The second-order valence-electron chi connectivity index (χ2n) is 10.5. The maximum Gasteiger partial charge on any atom is 0.264 e. The van der Waals surface area contributed by atoms with Gasteiger partial charge in [-0.3, -0.25) is 13.9 Å². The molecule has 4 aromatic carbocycles. The Morgan fingerprint density at radius 3 is 2.16 bits per heavy atom. The first-order valence-corrected chi connectivity index (χ1v) is 17.0. The number of carbonyl (C=O) groups is 2. The summed E-state index contributed by atoms with van der Waals surface area (Å²) in [4.78, 5) is 29.5. The predicted molar refractivity (Wildman–Crippen MR) is 181 cm³/mol. The Bertz CT molecular complexity index is 1680. The summed E-state index contributed by atoms with van der Waals surface area (Å²) >= 11 is 3.50. The zero-order valence-corrected chi connectivity index (χ0v) is 28.1. The maximum atomic E-state index is 14.4. The number of aryl methyl sites for hydroxylation is 1. The quantitative estimate of drug-likeness (QED) is 0.172. The first kappa shape index (κ1) is 33.7. The van der Waals surface area contributed by atoms with Crippen molar-refractivity contribution in [1.82, 2.24) is 10.2 Å². The highest BCUT2D eigenvalue weighted by atomic mass is 79.9. The van der Waals surface area contributed by atoms with Gasteiger partial charge in [0.05, 0.1) is 17.2 Å². The van der Waals surface area contributed by atoms with Crippen molar-refractivity contribution in [1.29, 1.82) is 0 Å². The molecule has 0 radical (unpaired) electrons. The summed E-state index contributed by atoms with van der Waals surface area (Å²) in [6.45, 7) is 5.97. The van der Waals surface area contributed by atoms with Crippen molar-refractivity contribution in [2.24, 2.45) is 0 Å². The van der Waals surface area contributed by atoms with E-state index in [1.807, 2.05) is 75.4 Å². The SMILES string of the molecule is CCNC(=O)[C@H](Cc1ccccc1)N(Cc1cccc(Br)c1)C(=O)CN(c1ccc(C)cc1)S(=O)(=O)c1ccc(OCC)cc1.